The van der Waals surface area contributed by atoms with Crippen LogP contribution in [0.2, 0.25) is 0 Å². The second kappa shape index (κ2) is 9.19. The van der Waals surface area contributed by atoms with E-state index in [9.17, 15) is 13.6 Å². The maximum Gasteiger partial charge on any atom is 0.260 e. The van der Waals surface area contributed by atoms with Crippen LogP contribution in [0.3, 0.4) is 0 Å². The fourth-order valence-electron chi connectivity index (χ4n) is 3.29. The Morgan fingerprint density at radius 2 is 1.62 bits per heavy atom. The molecule has 1 N–H and O–H groups in total. The van der Waals surface area contributed by atoms with Crippen molar-refractivity contribution in [2.24, 2.45) is 0 Å². The van der Waals surface area contributed by atoms with Crippen molar-refractivity contribution in [3.63, 3.8) is 0 Å². The van der Waals surface area contributed by atoms with Crippen molar-refractivity contribution in [1.82, 2.24) is 9.97 Å². The van der Waals surface area contributed by atoms with Gasteiger partial charge in [0.2, 0.25) is 15.8 Å². The normalized spacial score (nSPS) is 12.4. The van der Waals surface area contributed by atoms with Crippen molar-refractivity contribution < 1.29 is 17.9 Å². The zero-order valence-electron chi connectivity index (χ0n) is 17.4. The lowest BCUT2D eigenvalue weighted by atomic mass is 10.0. The highest BCUT2D eigenvalue weighted by molar-refractivity contribution is 7.92. The molecular formula is C23H22N4O4S. The van der Waals surface area contributed by atoms with Gasteiger partial charge in [-0.15, -0.1) is 0 Å². The van der Waals surface area contributed by atoms with Crippen molar-refractivity contribution in [2.45, 2.75) is 19.4 Å². The van der Waals surface area contributed by atoms with Gasteiger partial charge in [-0.2, -0.15) is 4.73 Å². The molecule has 4 rings (SSSR count). The van der Waals surface area contributed by atoms with E-state index in [0.29, 0.717) is 27.7 Å². The summed E-state index contributed by atoms with van der Waals surface area (Å²) in [6.45, 7) is 1.78. The fraction of sp³-hybridized carbons (Fsp3) is 0.174. The summed E-state index contributed by atoms with van der Waals surface area (Å²) in [5.41, 5.74) is 2.45. The summed E-state index contributed by atoms with van der Waals surface area (Å²) in [6.07, 6.45) is 2.54. The summed E-state index contributed by atoms with van der Waals surface area (Å²) >= 11 is 0. The molecule has 4 aromatic rings. The number of pyridine rings is 1. The highest BCUT2D eigenvalue weighted by Gasteiger charge is 2.24. The monoisotopic (exact) mass is 450 g/mol. The van der Waals surface area contributed by atoms with Crippen molar-refractivity contribution >= 4 is 26.9 Å². The molecule has 0 saturated heterocycles. The fourth-order valence-corrected chi connectivity index (χ4v) is 4.36. The van der Waals surface area contributed by atoms with E-state index in [2.05, 4.69) is 14.7 Å². The van der Waals surface area contributed by atoms with Crippen LogP contribution in [0.4, 0.5) is 5.82 Å². The van der Waals surface area contributed by atoms with Gasteiger partial charge >= 0.3 is 0 Å². The molecule has 1 unspecified atom stereocenters. The molecular weight excluding hydrogens is 428 g/mol. The van der Waals surface area contributed by atoms with Crippen LogP contribution < -0.4 is 14.2 Å². The number of para-hydroxylation sites is 2. The van der Waals surface area contributed by atoms with E-state index < -0.39 is 16.1 Å². The number of fused-ring (bicyclic) bond motifs is 1. The molecule has 0 aliphatic rings. The first-order chi connectivity index (χ1) is 15.4. The van der Waals surface area contributed by atoms with Crippen molar-refractivity contribution in [3.8, 4) is 5.88 Å². The second-order valence-electron chi connectivity index (χ2n) is 7.19. The van der Waals surface area contributed by atoms with Gasteiger partial charge in [-0.1, -0.05) is 49.4 Å². The van der Waals surface area contributed by atoms with Crippen LogP contribution in [0, 0.1) is 5.21 Å². The van der Waals surface area contributed by atoms with E-state index in [0.717, 1.165) is 5.56 Å². The standard InChI is InChI=1S/C23H22N4O4S/c1-2-15-32(29,30)26-22-23(25-20-13-7-6-12-19(20)24-22)31-21(17-9-4-3-5-10-17)18-11-8-14-27(28)16-18/h3-14,16,21H,2,15H2,1H3,(H,24,26). The van der Waals surface area contributed by atoms with Crippen LogP contribution in [0.1, 0.15) is 30.6 Å². The molecule has 0 fully saturated rings. The second-order valence-corrected chi connectivity index (χ2v) is 9.03. The summed E-state index contributed by atoms with van der Waals surface area (Å²) < 4.78 is 34.4. The number of ether oxygens (including phenoxy) is 1. The lowest BCUT2D eigenvalue weighted by molar-refractivity contribution is -0.606. The van der Waals surface area contributed by atoms with Crippen LogP contribution >= 0.6 is 0 Å². The van der Waals surface area contributed by atoms with Gasteiger partial charge in [0.25, 0.3) is 5.88 Å². The number of sulfonamides is 1. The van der Waals surface area contributed by atoms with Gasteiger partial charge in [-0.25, -0.2) is 18.4 Å². The molecule has 0 aliphatic carbocycles. The summed E-state index contributed by atoms with van der Waals surface area (Å²) in [6, 6.07) is 19.8. The number of nitrogens with one attached hydrogen (secondary N) is 1. The summed E-state index contributed by atoms with van der Waals surface area (Å²) in [7, 11) is -3.63. The molecule has 0 amide bonds. The third-order valence-corrected chi connectivity index (χ3v) is 6.15. The van der Waals surface area contributed by atoms with Gasteiger partial charge in [0.15, 0.2) is 18.5 Å². The summed E-state index contributed by atoms with van der Waals surface area (Å²) in [4.78, 5) is 8.99. The Labute approximate surface area is 186 Å². The zero-order chi connectivity index (χ0) is 22.6. The maximum absolute atomic E-state index is 12.5. The van der Waals surface area contributed by atoms with Gasteiger partial charge in [-0.05, 0) is 30.2 Å². The van der Waals surface area contributed by atoms with Gasteiger partial charge in [0.1, 0.15) is 0 Å². The molecule has 9 heteroatoms. The largest absolute Gasteiger partial charge is 0.619 e. The van der Waals surface area contributed by atoms with Crippen molar-refractivity contribution in [2.75, 3.05) is 10.5 Å². The van der Waals surface area contributed by atoms with Crippen molar-refractivity contribution in [1.29, 1.82) is 0 Å². The number of anilines is 1. The van der Waals surface area contributed by atoms with Gasteiger partial charge in [0, 0.05) is 6.07 Å². The summed E-state index contributed by atoms with van der Waals surface area (Å²) in [5, 5.41) is 11.9. The van der Waals surface area contributed by atoms with E-state index >= 15 is 0 Å². The number of aromatic nitrogens is 3. The van der Waals surface area contributed by atoms with Gasteiger partial charge in [0.05, 0.1) is 22.3 Å². The Balaban J connectivity index is 1.83. The lowest BCUT2D eigenvalue weighted by Crippen LogP contribution is -2.26. The molecule has 8 nitrogen and oxygen atoms in total. The molecule has 2 aromatic heterocycles. The predicted molar refractivity (Wildman–Crippen MR) is 122 cm³/mol. The number of nitrogens with zero attached hydrogens (tertiary/aromatic N) is 3. The molecule has 2 heterocycles. The van der Waals surface area contributed by atoms with E-state index in [-0.39, 0.29) is 17.5 Å². The number of rotatable bonds is 8. The topological polar surface area (TPSA) is 108 Å². The molecule has 32 heavy (non-hydrogen) atoms. The predicted octanol–water partition coefficient (Wildman–Crippen LogP) is 3.58. The molecule has 2 aromatic carbocycles. The highest BCUT2D eigenvalue weighted by Crippen LogP contribution is 2.32. The molecule has 0 spiro atoms. The lowest BCUT2D eigenvalue weighted by Gasteiger charge is -2.20. The third-order valence-electron chi connectivity index (χ3n) is 4.70. The van der Waals surface area contributed by atoms with Crippen LogP contribution in [0.25, 0.3) is 11.0 Å². The summed E-state index contributed by atoms with van der Waals surface area (Å²) in [5.74, 6) is -0.0275. The highest BCUT2D eigenvalue weighted by atomic mass is 32.2. The minimum atomic E-state index is -3.63. The Morgan fingerprint density at radius 1 is 0.969 bits per heavy atom. The van der Waals surface area contributed by atoms with E-state index in [1.54, 1.807) is 37.3 Å². The Hall–Kier alpha value is -3.72. The third kappa shape index (κ3) is 4.94. The Kier molecular flexibility index (Phi) is 6.18. The number of benzene rings is 2. The molecule has 0 radical (unpaired) electrons. The average Bonchev–Trinajstić information content (AvgIpc) is 2.78. The number of hydrogen-bond donors (Lipinski definition) is 1. The number of hydrogen-bond acceptors (Lipinski definition) is 6. The molecule has 1 atom stereocenters. The SMILES string of the molecule is CCCS(=O)(=O)Nc1nc2ccccc2nc1OC(c1ccccc1)c1ccc[n+]([O-])c1. The van der Waals surface area contributed by atoms with Crippen LogP contribution in [-0.4, -0.2) is 24.1 Å². The first-order valence-electron chi connectivity index (χ1n) is 10.1. The van der Waals surface area contributed by atoms with E-state index in [1.807, 2.05) is 36.4 Å². The van der Waals surface area contributed by atoms with Gasteiger partial charge < -0.3 is 9.94 Å². The zero-order valence-corrected chi connectivity index (χ0v) is 18.2. The van der Waals surface area contributed by atoms with Gasteiger partial charge in [-0.3, -0.25) is 4.72 Å². The minimum Gasteiger partial charge on any atom is -0.619 e. The van der Waals surface area contributed by atoms with Crippen LogP contribution in [-0.2, 0) is 10.0 Å². The maximum atomic E-state index is 12.5. The Bertz CT molecular complexity index is 1330. The quantitative estimate of drug-likeness (QED) is 0.325. The molecule has 0 aliphatic heterocycles. The van der Waals surface area contributed by atoms with Crippen LogP contribution in [0.15, 0.2) is 79.1 Å². The average molecular weight is 451 g/mol. The molecule has 0 saturated carbocycles. The molecule has 164 valence electrons. The Morgan fingerprint density at radius 3 is 2.31 bits per heavy atom. The first-order valence-corrected chi connectivity index (χ1v) is 11.8. The van der Waals surface area contributed by atoms with E-state index in [1.165, 1.54) is 12.4 Å². The smallest absolute Gasteiger partial charge is 0.260 e. The first kappa shape index (κ1) is 21.5. The molecule has 0 bridgehead atoms. The minimum absolute atomic E-state index is 0.00372. The van der Waals surface area contributed by atoms with Crippen molar-refractivity contribution in [3.05, 3.63) is 95.5 Å². The van der Waals surface area contributed by atoms with Crippen LogP contribution in [0.5, 0.6) is 5.88 Å². The van der Waals surface area contributed by atoms with E-state index in [4.69, 9.17) is 4.74 Å².